The molecule has 0 saturated heterocycles. The molecule has 1 amide bonds. The third-order valence-electron chi connectivity index (χ3n) is 3.20. The summed E-state index contributed by atoms with van der Waals surface area (Å²) >= 11 is 0. The van der Waals surface area contributed by atoms with Crippen LogP contribution in [0.4, 0.5) is 4.79 Å². The SMILES string of the molecule is CC(C)(C)OC(=O)NCCC(O)C(O)c1cccc(CCN)c1. The van der Waals surface area contributed by atoms with Crippen molar-refractivity contribution < 1.29 is 19.7 Å². The second-order valence-corrected chi connectivity index (χ2v) is 6.51. The molecule has 0 radical (unpaired) electrons. The third-order valence-corrected chi connectivity index (χ3v) is 3.20. The van der Waals surface area contributed by atoms with E-state index in [0.717, 1.165) is 12.0 Å². The molecule has 23 heavy (non-hydrogen) atoms. The van der Waals surface area contributed by atoms with Gasteiger partial charge in [0.05, 0.1) is 6.10 Å². The van der Waals surface area contributed by atoms with Crippen LogP contribution in [0, 0.1) is 0 Å². The van der Waals surface area contributed by atoms with Crippen molar-refractivity contribution in [2.24, 2.45) is 5.73 Å². The molecule has 0 saturated carbocycles. The topological polar surface area (TPSA) is 105 Å². The van der Waals surface area contributed by atoms with E-state index in [1.807, 2.05) is 18.2 Å². The van der Waals surface area contributed by atoms with E-state index in [2.05, 4.69) is 5.32 Å². The monoisotopic (exact) mass is 324 g/mol. The largest absolute Gasteiger partial charge is 0.444 e. The van der Waals surface area contributed by atoms with Gasteiger partial charge in [-0.1, -0.05) is 24.3 Å². The Morgan fingerprint density at radius 2 is 2.04 bits per heavy atom. The van der Waals surface area contributed by atoms with Gasteiger partial charge in [-0.25, -0.2) is 4.79 Å². The van der Waals surface area contributed by atoms with E-state index < -0.39 is 23.9 Å². The zero-order valence-electron chi connectivity index (χ0n) is 14.1. The number of carbonyl (C=O) groups is 1. The number of amides is 1. The fraction of sp³-hybridized carbons (Fsp3) is 0.588. The van der Waals surface area contributed by atoms with Crippen molar-refractivity contribution in [3.05, 3.63) is 35.4 Å². The summed E-state index contributed by atoms with van der Waals surface area (Å²) in [6.07, 6.45) is -1.58. The van der Waals surface area contributed by atoms with Crippen LogP contribution in [0.25, 0.3) is 0 Å². The molecule has 1 aromatic rings. The lowest BCUT2D eigenvalue weighted by Gasteiger charge is -2.21. The number of rotatable bonds is 7. The summed E-state index contributed by atoms with van der Waals surface area (Å²) in [5, 5.41) is 22.8. The minimum Gasteiger partial charge on any atom is -0.444 e. The van der Waals surface area contributed by atoms with Gasteiger partial charge in [-0.15, -0.1) is 0 Å². The fourth-order valence-corrected chi connectivity index (χ4v) is 2.12. The van der Waals surface area contributed by atoms with Gasteiger partial charge in [-0.05, 0) is 51.3 Å². The maximum absolute atomic E-state index is 11.5. The van der Waals surface area contributed by atoms with Crippen LogP contribution in [0.5, 0.6) is 0 Å². The van der Waals surface area contributed by atoms with Gasteiger partial charge in [0.2, 0.25) is 0 Å². The number of nitrogens with one attached hydrogen (secondary N) is 1. The summed E-state index contributed by atoms with van der Waals surface area (Å²) in [6.45, 7) is 6.08. The number of alkyl carbamates (subject to hydrolysis) is 1. The summed E-state index contributed by atoms with van der Waals surface area (Å²) in [6, 6.07) is 7.35. The zero-order chi connectivity index (χ0) is 17.5. The van der Waals surface area contributed by atoms with Gasteiger partial charge in [-0.3, -0.25) is 0 Å². The second-order valence-electron chi connectivity index (χ2n) is 6.51. The third kappa shape index (κ3) is 7.45. The summed E-state index contributed by atoms with van der Waals surface area (Å²) in [7, 11) is 0. The molecule has 130 valence electrons. The van der Waals surface area contributed by atoms with Crippen molar-refractivity contribution >= 4 is 6.09 Å². The number of aliphatic hydroxyl groups excluding tert-OH is 2. The van der Waals surface area contributed by atoms with Gasteiger partial charge in [0.25, 0.3) is 0 Å². The highest BCUT2D eigenvalue weighted by atomic mass is 16.6. The standard InChI is InChI=1S/C17H28N2O4/c1-17(2,3)23-16(22)19-10-8-14(20)15(21)13-6-4-5-12(11-13)7-9-18/h4-6,11,14-15,20-21H,7-10,18H2,1-3H3,(H,19,22). The number of hydrogen-bond acceptors (Lipinski definition) is 5. The molecule has 6 nitrogen and oxygen atoms in total. The molecular weight excluding hydrogens is 296 g/mol. The van der Waals surface area contributed by atoms with E-state index in [0.29, 0.717) is 12.1 Å². The van der Waals surface area contributed by atoms with Gasteiger partial charge < -0.3 is 26.0 Å². The Balaban J connectivity index is 2.46. The highest BCUT2D eigenvalue weighted by molar-refractivity contribution is 5.67. The number of aliphatic hydroxyl groups is 2. The molecule has 2 atom stereocenters. The lowest BCUT2D eigenvalue weighted by Crippen LogP contribution is -2.34. The summed E-state index contributed by atoms with van der Waals surface area (Å²) in [5.41, 5.74) is 6.61. The van der Waals surface area contributed by atoms with Gasteiger partial charge in [0.1, 0.15) is 11.7 Å². The molecule has 6 heteroatoms. The molecule has 0 spiro atoms. The Bertz CT molecular complexity index is 500. The highest BCUT2D eigenvalue weighted by Gasteiger charge is 2.20. The van der Waals surface area contributed by atoms with Crippen molar-refractivity contribution in [2.45, 2.75) is 51.4 Å². The first kappa shape index (κ1) is 19.4. The molecule has 0 aromatic heterocycles. The van der Waals surface area contributed by atoms with Crippen LogP contribution in [-0.2, 0) is 11.2 Å². The number of ether oxygens (including phenoxy) is 1. The Labute approximate surface area is 137 Å². The van der Waals surface area contributed by atoms with E-state index in [4.69, 9.17) is 10.5 Å². The van der Waals surface area contributed by atoms with Gasteiger partial charge in [0, 0.05) is 6.54 Å². The first-order valence-electron chi connectivity index (χ1n) is 7.85. The number of nitrogens with two attached hydrogens (primary N) is 1. The molecule has 1 rings (SSSR count). The molecule has 2 unspecified atom stereocenters. The van der Waals surface area contributed by atoms with Crippen molar-refractivity contribution in [1.29, 1.82) is 0 Å². The van der Waals surface area contributed by atoms with Crippen LogP contribution in [0.15, 0.2) is 24.3 Å². The molecule has 5 N–H and O–H groups in total. The van der Waals surface area contributed by atoms with Gasteiger partial charge >= 0.3 is 6.09 Å². The van der Waals surface area contributed by atoms with E-state index in [-0.39, 0.29) is 13.0 Å². The van der Waals surface area contributed by atoms with Crippen LogP contribution >= 0.6 is 0 Å². The summed E-state index contributed by atoms with van der Waals surface area (Å²) < 4.78 is 5.10. The van der Waals surface area contributed by atoms with Crippen molar-refractivity contribution in [1.82, 2.24) is 5.32 Å². The molecule has 0 fully saturated rings. The Hall–Kier alpha value is -1.63. The molecule has 1 aromatic carbocycles. The lowest BCUT2D eigenvalue weighted by molar-refractivity contribution is 0.0123. The van der Waals surface area contributed by atoms with Crippen molar-refractivity contribution in [3.63, 3.8) is 0 Å². The first-order chi connectivity index (χ1) is 10.7. The maximum atomic E-state index is 11.5. The average Bonchev–Trinajstić information content (AvgIpc) is 2.45. The molecule has 0 aliphatic heterocycles. The van der Waals surface area contributed by atoms with Gasteiger partial charge in [0.15, 0.2) is 0 Å². The smallest absolute Gasteiger partial charge is 0.407 e. The number of carbonyl (C=O) groups excluding carboxylic acids is 1. The van der Waals surface area contributed by atoms with Gasteiger partial charge in [-0.2, -0.15) is 0 Å². The van der Waals surface area contributed by atoms with Crippen LogP contribution in [0.3, 0.4) is 0 Å². The lowest BCUT2D eigenvalue weighted by atomic mass is 9.99. The molecule has 0 heterocycles. The normalized spacial score (nSPS) is 14.2. The Kier molecular flexibility index (Phi) is 7.48. The molecular formula is C17H28N2O4. The average molecular weight is 324 g/mol. The minimum absolute atomic E-state index is 0.218. The van der Waals surface area contributed by atoms with E-state index in [1.165, 1.54) is 0 Å². The summed E-state index contributed by atoms with van der Waals surface area (Å²) in [5.74, 6) is 0. The van der Waals surface area contributed by atoms with Crippen LogP contribution < -0.4 is 11.1 Å². The van der Waals surface area contributed by atoms with Crippen LogP contribution in [0.2, 0.25) is 0 Å². The molecule has 0 bridgehead atoms. The highest BCUT2D eigenvalue weighted by Crippen LogP contribution is 2.20. The number of hydrogen-bond donors (Lipinski definition) is 4. The van der Waals surface area contributed by atoms with Crippen molar-refractivity contribution in [3.8, 4) is 0 Å². The van der Waals surface area contributed by atoms with E-state index in [1.54, 1.807) is 26.8 Å². The maximum Gasteiger partial charge on any atom is 0.407 e. The van der Waals surface area contributed by atoms with Crippen LogP contribution in [0.1, 0.15) is 44.4 Å². The zero-order valence-corrected chi connectivity index (χ0v) is 14.1. The predicted octanol–water partition coefficient (Wildman–Crippen LogP) is 1.50. The Morgan fingerprint density at radius 1 is 1.35 bits per heavy atom. The van der Waals surface area contributed by atoms with Crippen molar-refractivity contribution in [2.75, 3.05) is 13.1 Å². The summed E-state index contributed by atoms with van der Waals surface area (Å²) in [4.78, 5) is 11.5. The quantitative estimate of drug-likeness (QED) is 0.608. The predicted molar refractivity (Wildman–Crippen MR) is 89.0 cm³/mol. The van der Waals surface area contributed by atoms with E-state index in [9.17, 15) is 15.0 Å². The Morgan fingerprint density at radius 3 is 2.65 bits per heavy atom. The molecule has 0 aliphatic carbocycles. The minimum atomic E-state index is -1.01. The first-order valence-corrected chi connectivity index (χ1v) is 7.85. The number of benzene rings is 1. The van der Waals surface area contributed by atoms with Crippen LogP contribution in [-0.4, -0.2) is 41.1 Å². The van der Waals surface area contributed by atoms with E-state index >= 15 is 0 Å². The second kappa shape index (κ2) is 8.86. The fourth-order valence-electron chi connectivity index (χ4n) is 2.12. The molecule has 0 aliphatic rings.